The molecule has 38 heavy (non-hydrogen) atoms. The van der Waals surface area contributed by atoms with E-state index < -0.39 is 44.7 Å². The van der Waals surface area contributed by atoms with Crippen molar-refractivity contribution >= 4 is 15.9 Å². The molecule has 3 aromatic rings. The molecule has 0 spiro atoms. The van der Waals surface area contributed by atoms with Gasteiger partial charge < -0.3 is 5.32 Å². The number of hydrogen-bond acceptors (Lipinski definition) is 3. The first-order valence-electron chi connectivity index (χ1n) is 11.8. The molecule has 3 aromatic carbocycles. The van der Waals surface area contributed by atoms with Gasteiger partial charge in [-0.15, -0.1) is 0 Å². The van der Waals surface area contributed by atoms with E-state index >= 15 is 0 Å². The molecule has 1 amide bonds. The van der Waals surface area contributed by atoms with E-state index in [2.05, 4.69) is 5.32 Å². The number of hydrogen-bond donors (Lipinski definition) is 1. The molecule has 1 heterocycles. The highest BCUT2D eigenvalue weighted by Gasteiger charge is 2.44. The zero-order chi connectivity index (χ0) is 27.6. The topological polar surface area (TPSA) is 66.5 Å². The first kappa shape index (κ1) is 27.7. The third-order valence-corrected chi connectivity index (χ3v) is 8.69. The monoisotopic (exact) mass is 552 g/mol. The Balaban J connectivity index is 1.54. The van der Waals surface area contributed by atoms with Crippen molar-refractivity contribution in [3.05, 3.63) is 101 Å². The zero-order valence-corrected chi connectivity index (χ0v) is 21.0. The van der Waals surface area contributed by atoms with Gasteiger partial charge in [0.25, 0.3) is 0 Å². The van der Waals surface area contributed by atoms with Crippen LogP contribution < -0.4 is 5.32 Å². The van der Waals surface area contributed by atoms with Gasteiger partial charge in [0.15, 0.2) is 0 Å². The second-order valence-electron chi connectivity index (χ2n) is 9.32. The molecule has 1 aliphatic heterocycles. The quantitative estimate of drug-likeness (QED) is 0.404. The van der Waals surface area contributed by atoms with Crippen molar-refractivity contribution in [1.29, 1.82) is 0 Å². The van der Waals surface area contributed by atoms with E-state index in [-0.39, 0.29) is 49.4 Å². The van der Waals surface area contributed by atoms with Gasteiger partial charge in [-0.2, -0.15) is 17.5 Å². The smallest absolute Gasteiger partial charge is 0.352 e. The van der Waals surface area contributed by atoms with Crippen molar-refractivity contribution < 1.29 is 35.2 Å². The Kier molecular flexibility index (Phi) is 7.89. The van der Waals surface area contributed by atoms with E-state index in [9.17, 15) is 35.2 Å². The van der Waals surface area contributed by atoms with Crippen LogP contribution in [-0.4, -0.2) is 31.7 Å². The highest BCUT2D eigenvalue weighted by molar-refractivity contribution is 7.89. The molecular weight excluding hydrogens is 527 g/mol. The molecule has 0 atom stereocenters. The number of piperidine rings is 1. The van der Waals surface area contributed by atoms with Crippen LogP contribution >= 0.6 is 0 Å². The van der Waals surface area contributed by atoms with Crippen LogP contribution in [0.25, 0.3) is 0 Å². The van der Waals surface area contributed by atoms with E-state index in [0.29, 0.717) is 5.56 Å². The van der Waals surface area contributed by atoms with Crippen molar-refractivity contribution in [3.8, 4) is 0 Å². The van der Waals surface area contributed by atoms with E-state index in [1.807, 2.05) is 0 Å². The molecular formula is C27H25F5N2O3S. The lowest BCUT2D eigenvalue weighted by atomic mass is 9.73. The maximum atomic E-state index is 13.5. The molecule has 1 N–H and O–H groups in total. The molecule has 202 valence electrons. The van der Waals surface area contributed by atoms with Crippen molar-refractivity contribution in [1.82, 2.24) is 9.62 Å². The largest absolute Gasteiger partial charge is 0.416 e. The normalized spacial score (nSPS) is 16.2. The van der Waals surface area contributed by atoms with Gasteiger partial charge in [-0.25, -0.2) is 17.2 Å². The number of rotatable bonds is 7. The minimum absolute atomic E-state index is 0.00210. The Morgan fingerprint density at radius 1 is 0.868 bits per heavy atom. The molecule has 11 heteroatoms. The molecule has 5 nitrogen and oxygen atoms in total. The summed E-state index contributed by atoms with van der Waals surface area (Å²) in [5.74, 6) is -1.45. The summed E-state index contributed by atoms with van der Waals surface area (Å²) in [6.07, 6.45) is -4.09. The Morgan fingerprint density at radius 2 is 1.45 bits per heavy atom. The predicted molar refractivity (Wildman–Crippen MR) is 130 cm³/mol. The average molecular weight is 553 g/mol. The lowest BCUT2D eigenvalue weighted by molar-refractivity contribution is -0.137. The van der Waals surface area contributed by atoms with E-state index in [0.717, 1.165) is 24.3 Å². The molecule has 0 aliphatic carbocycles. The first-order valence-corrected chi connectivity index (χ1v) is 13.3. The molecule has 0 saturated carbocycles. The van der Waals surface area contributed by atoms with Gasteiger partial charge in [-0.05, 0) is 78.9 Å². The summed E-state index contributed by atoms with van der Waals surface area (Å²) in [7, 11) is -3.93. The SMILES string of the molecule is O=C(NCc1cccc(C(F)(F)F)c1)C1(Cc2ccc(F)cc2)CCN(S(=O)(=O)c2ccc(F)cc2)CC1. The summed E-state index contributed by atoms with van der Waals surface area (Å²) in [5, 5.41) is 2.72. The number of carbonyl (C=O) groups excluding carboxylic acids is 1. The van der Waals surface area contributed by atoms with Crippen LogP contribution in [-0.2, 0) is 34.0 Å². The summed E-state index contributed by atoms with van der Waals surface area (Å²) in [6, 6.07) is 14.7. The van der Waals surface area contributed by atoms with Gasteiger partial charge in [-0.3, -0.25) is 4.79 Å². The molecule has 4 rings (SSSR count). The Labute approximate surface area is 217 Å². The maximum absolute atomic E-state index is 13.5. The molecule has 0 aromatic heterocycles. The van der Waals surface area contributed by atoms with Crippen LogP contribution in [0, 0.1) is 17.0 Å². The van der Waals surface area contributed by atoms with Crippen molar-refractivity contribution in [2.45, 2.75) is 36.9 Å². The van der Waals surface area contributed by atoms with Crippen LogP contribution in [0.15, 0.2) is 77.7 Å². The number of carbonyl (C=O) groups is 1. The molecule has 1 aliphatic rings. The lowest BCUT2D eigenvalue weighted by Gasteiger charge is -2.40. The summed E-state index contributed by atoms with van der Waals surface area (Å²) >= 11 is 0. The van der Waals surface area contributed by atoms with Crippen molar-refractivity contribution in [2.24, 2.45) is 5.41 Å². The van der Waals surface area contributed by atoms with Crippen LogP contribution in [0.2, 0.25) is 0 Å². The van der Waals surface area contributed by atoms with Crippen molar-refractivity contribution in [2.75, 3.05) is 13.1 Å². The Hall–Kier alpha value is -3.31. The van der Waals surface area contributed by atoms with E-state index in [4.69, 9.17) is 0 Å². The lowest BCUT2D eigenvalue weighted by Crippen LogP contribution is -2.51. The number of nitrogens with one attached hydrogen (secondary N) is 1. The maximum Gasteiger partial charge on any atom is 0.416 e. The van der Waals surface area contributed by atoms with Crippen molar-refractivity contribution in [3.63, 3.8) is 0 Å². The van der Waals surface area contributed by atoms with Gasteiger partial charge >= 0.3 is 6.18 Å². The molecule has 1 saturated heterocycles. The summed E-state index contributed by atoms with van der Waals surface area (Å²) in [4.78, 5) is 13.4. The fraction of sp³-hybridized carbons (Fsp3) is 0.296. The third kappa shape index (κ3) is 6.21. The van der Waals surface area contributed by atoms with Crippen LogP contribution in [0.3, 0.4) is 0 Å². The predicted octanol–water partition coefficient (Wildman–Crippen LogP) is 5.31. The van der Waals surface area contributed by atoms with Gasteiger partial charge in [0.2, 0.25) is 15.9 Å². The summed E-state index contributed by atoms with van der Waals surface area (Å²) in [5.41, 5.74) is -0.977. The van der Waals surface area contributed by atoms with E-state index in [1.54, 1.807) is 12.1 Å². The fourth-order valence-electron chi connectivity index (χ4n) is 4.61. The highest BCUT2D eigenvalue weighted by Crippen LogP contribution is 2.38. The molecule has 0 radical (unpaired) electrons. The number of alkyl halides is 3. The second kappa shape index (κ2) is 10.8. The molecule has 1 fully saturated rings. The minimum Gasteiger partial charge on any atom is -0.352 e. The van der Waals surface area contributed by atoms with Gasteiger partial charge in [0, 0.05) is 19.6 Å². The number of benzene rings is 3. The van der Waals surface area contributed by atoms with E-state index in [1.165, 1.54) is 40.7 Å². The van der Waals surface area contributed by atoms with Gasteiger partial charge in [0.1, 0.15) is 11.6 Å². The van der Waals surface area contributed by atoms with Crippen LogP contribution in [0.1, 0.15) is 29.5 Å². The Bertz CT molecular complexity index is 1380. The molecule has 0 unspecified atom stereocenters. The number of halogens is 5. The molecule has 0 bridgehead atoms. The Morgan fingerprint density at radius 3 is 2.03 bits per heavy atom. The standard InChI is InChI=1S/C27H25F5N2O3S/c28-22-6-4-19(5-7-22)17-26(25(35)33-18-20-2-1-3-21(16-20)27(30,31)32)12-14-34(15-13-26)38(36,37)24-10-8-23(29)9-11-24/h1-11,16H,12-15,17-18H2,(H,33,35). The summed E-state index contributed by atoms with van der Waals surface area (Å²) in [6.45, 7) is -0.152. The third-order valence-electron chi connectivity index (χ3n) is 6.78. The average Bonchev–Trinajstić information content (AvgIpc) is 2.89. The number of sulfonamides is 1. The second-order valence-corrected chi connectivity index (χ2v) is 11.3. The summed E-state index contributed by atoms with van der Waals surface area (Å²) < 4.78 is 93.3. The van der Waals surface area contributed by atoms with Crippen LogP contribution in [0.4, 0.5) is 22.0 Å². The van der Waals surface area contributed by atoms with Gasteiger partial charge in [-0.1, -0.05) is 24.3 Å². The first-order chi connectivity index (χ1) is 17.9. The van der Waals surface area contributed by atoms with Crippen LogP contribution in [0.5, 0.6) is 0 Å². The number of nitrogens with zero attached hydrogens (tertiary/aromatic N) is 1. The zero-order valence-electron chi connectivity index (χ0n) is 20.1. The fourth-order valence-corrected chi connectivity index (χ4v) is 6.06. The van der Waals surface area contributed by atoms with Gasteiger partial charge in [0.05, 0.1) is 15.9 Å². The number of amides is 1. The highest BCUT2D eigenvalue weighted by atomic mass is 32.2. The minimum atomic E-state index is -4.52.